The zero-order valence-electron chi connectivity index (χ0n) is 15.0. The van der Waals surface area contributed by atoms with Gasteiger partial charge in [0.1, 0.15) is 17.5 Å². The predicted octanol–water partition coefficient (Wildman–Crippen LogP) is 4.65. The van der Waals surface area contributed by atoms with Crippen molar-refractivity contribution in [3.8, 4) is 0 Å². The minimum atomic E-state index is 0.714. The van der Waals surface area contributed by atoms with E-state index in [1.165, 1.54) is 5.56 Å². The van der Waals surface area contributed by atoms with Gasteiger partial charge in [-0.3, -0.25) is 0 Å². The topological polar surface area (TPSA) is 53.1 Å². The average molecular weight is 333 g/mol. The summed E-state index contributed by atoms with van der Waals surface area (Å²) >= 11 is 0. The molecule has 1 aromatic heterocycles. The second-order valence-corrected chi connectivity index (χ2v) is 6.19. The molecule has 2 aromatic carbocycles. The lowest BCUT2D eigenvalue weighted by Crippen LogP contribution is -2.08. The molecule has 0 spiro atoms. The van der Waals surface area contributed by atoms with Gasteiger partial charge in [-0.1, -0.05) is 18.2 Å². The van der Waals surface area contributed by atoms with Crippen molar-refractivity contribution in [2.75, 3.05) is 29.6 Å². The molecule has 3 aromatic rings. The van der Waals surface area contributed by atoms with Gasteiger partial charge in [0.2, 0.25) is 0 Å². The zero-order chi connectivity index (χ0) is 17.8. The fraction of sp³-hybridized carbons (Fsp3) is 0.200. The van der Waals surface area contributed by atoms with Gasteiger partial charge in [-0.2, -0.15) is 0 Å². The summed E-state index contributed by atoms with van der Waals surface area (Å²) in [7, 11) is 4.06. The minimum absolute atomic E-state index is 0.714. The molecular weight excluding hydrogens is 310 g/mol. The molecule has 0 amide bonds. The van der Waals surface area contributed by atoms with Crippen LogP contribution in [0, 0.1) is 13.8 Å². The Morgan fingerprint density at radius 1 is 0.800 bits per heavy atom. The van der Waals surface area contributed by atoms with Crippen molar-refractivity contribution in [2.24, 2.45) is 0 Å². The van der Waals surface area contributed by atoms with Crippen LogP contribution in [-0.2, 0) is 0 Å². The summed E-state index contributed by atoms with van der Waals surface area (Å²) in [4.78, 5) is 11.0. The van der Waals surface area contributed by atoms with E-state index in [0.717, 1.165) is 28.7 Å². The SMILES string of the molecule is Cc1nc(Nc2ccc(N(C)C)cc2)cc(Nc2ccccc2C)n1. The highest BCUT2D eigenvalue weighted by Gasteiger charge is 2.05. The number of hydrogen-bond acceptors (Lipinski definition) is 5. The molecule has 0 saturated carbocycles. The highest BCUT2D eigenvalue weighted by Crippen LogP contribution is 2.23. The van der Waals surface area contributed by atoms with Crippen molar-refractivity contribution >= 4 is 28.7 Å². The number of aryl methyl sites for hydroxylation is 2. The second-order valence-electron chi connectivity index (χ2n) is 6.19. The molecule has 5 heteroatoms. The molecule has 0 aliphatic carbocycles. The van der Waals surface area contributed by atoms with Gasteiger partial charge in [0, 0.05) is 37.2 Å². The standard InChI is InChI=1S/C20H23N5/c1-14-7-5-6-8-18(14)24-20-13-19(21-15(2)22-20)23-16-9-11-17(12-10-16)25(3)4/h5-13H,1-4H3,(H2,21,22,23,24). The number of aromatic nitrogens is 2. The molecule has 5 nitrogen and oxygen atoms in total. The summed E-state index contributed by atoms with van der Waals surface area (Å²) < 4.78 is 0. The largest absolute Gasteiger partial charge is 0.378 e. The van der Waals surface area contributed by atoms with Crippen LogP contribution in [0.5, 0.6) is 0 Å². The molecule has 1 heterocycles. The Bertz CT molecular complexity index is 856. The average Bonchev–Trinajstić information content (AvgIpc) is 2.57. The van der Waals surface area contributed by atoms with Crippen LogP contribution in [0.3, 0.4) is 0 Å². The summed E-state index contributed by atoms with van der Waals surface area (Å²) in [6.45, 7) is 3.96. The molecule has 0 bridgehead atoms. The monoisotopic (exact) mass is 333 g/mol. The zero-order valence-corrected chi connectivity index (χ0v) is 15.0. The maximum atomic E-state index is 4.48. The Labute approximate surface area is 148 Å². The van der Waals surface area contributed by atoms with Crippen LogP contribution < -0.4 is 15.5 Å². The summed E-state index contributed by atoms with van der Waals surface area (Å²) in [6, 6.07) is 18.3. The Balaban J connectivity index is 1.80. The van der Waals surface area contributed by atoms with Crippen LogP contribution in [0.15, 0.2) is 54.6 Å². The third-order valence-electron chi connectivity index (χ3n) is 3.90. The smallest absolute Gasteiger partial charge is 0.136 e. The molecule has 128 valence electrons. The van der Waals surface area contributed by atoms with Gasteiger partial charge in [-0.15, -0.1) is 0 Å². The molecule has 0 aliphatic rings. The lowest BCUT2D eigenvalue weighted by Gasteiger charge is -2.14. The van der Waals surface area contributed by atoms with Crippen molar-refractivity contribution < 1.29 is 0 Å². The fourth-order valence-corrected chi connectivity index (χ4v) is 2.54. The summed E-state index contributed by atoms with van der Waals surface area (Å²) in [5, 5.41) is 6.71. The van der Waals surface area contributed by atoms with Gasteiger partial charge in [0.15, 0.2) is 0 Å². The minimum Gasteiger partial charge on any atom is -0.378 e. The van der Waals surface area contributed by atoms with E-state index in [2.05, 4.69) is 50.6 Å². The van der Waals surface area contributed by atoms with Crippen molar-refractivity contribution in [3.63, 3.8) is 0 Å². The van der Waals surface area contributed by atoms with E-state index in [9.17, 15) is 0 Å². The Kier molecular flexibility index (Phi) is 4.84. The normalized spacial score (nSPS) is 10.4. The first kappa shape index (κ1) is 16.8. The van der Waals surface area contributed by atoms with Crippen LogP contribution in [-0.4, -0.2) is 24.1 Å². The molecule has 0 aliphatic heterocycles. The maximum Gasteiger partial charge on any atom is 0.136 e. The number of nitrogens with zero attached hydrogens (tertiary/aromatic N) is 3. The van der Waals surface area contributed by atoms with Crippen molar-refractivity contribution in [1.29, 1.82) is 0 Å². The number of rotatable bonds is 5. The van der Waals surface area contributed by atoms with Gasteiger partial charge < -0.3 is 15.5 Å². The van der Waals surface area contributed by atoms with Gasteiger partial charge >= 0.3 is 0 Å². The third kappa shape index (κ3) is 4.26. The molecule has 0 unspecified atom stereocenters. The lowest BCUT2D eigenvalue weighted by atomic mass is 10.2. The maximum absolute atomic E-state index is 4.48. The predicted molar refractivity (Wildman–Crippen MR) is 105 cm³/mol. The Morgan fingerprint density at radius 3 is 2.08 bits per heavy atom. The number of para-hydroxylation sites is 1. The van der Waals surface area contributed by atoms with Crippen LogP contribution in [0.25, 0.3) is 0 Å². The first-order valence-corrected chi connectivity index (χ1v) is 8.24. The van der Waals surface area contributed by atoms with E-state index in [-0.39, 0.29) is 0 Å². The molecule has 3 rings (SSSR count). The van der Waals surface area contributed by atoms with Gasteiger partial charge in [0.05, 0.1) is 0 Å². The summed E-state index contributed by atoms with van der Waals surface area (Å²) in [5.74, 6) is 2.25. The second kappa shape index (κ2) is 7.21. The van der Waals surface area contributed by atoms with E-state index in [1.807, 2.05) is 57.4 Å². The summed E-state index contributed by atoms with van der Waals surface area (Å²) in [5.41, 5.74) is 4.37. The summed E-state index contributed by atoms with van der Waals surface area (Å²) in [6.07, 6.45) is 0. The Hall–Kier alpha value is -3.08. The van der Waals surface area contributed by atoms with Gasteiger partial charge in [-0.25, -0.2) is 9.97 Å². The van der Waals surface area contributed by atoms with Gasteiger partial charge in [0.25, 0.3) is 0 Å². The van der Waals surface area contributed by atoms with Crippen molar-refractivity contribution in [3.05, 3.63) is 66.0 Å². The molecule has 0 radical (unpaired) electrons. The first-order chi connectivity index (χ1) is 12.0. The van der Waals surface area contributed by atoms with Crippen LogP contribution >= 0.6 is 0 Å². The van der Waals surface area contributed by atoms with Crippen LogP contribution in [0.4, 0.5) is 28.7 Å². The third-order valence-corrected chi connectivity index (χ3v) is 3.90. The van der Waals surface area contributed by atoms with Crippen molar-refractivity contribution in [1.82, 2.24) is 9.97 Å². The number of nitrogens with one attached hydrogen (secondary N) is 2. The number of hydrogen-bond donors (Lipinski definition) is 2. The molecular formula is C20H23N5. The molecule has 0 atom stereocenters. The van der Waals surface area contributed by atoms with E-state index >= 15 is 0 Å². The van der Waals surface area contributed by atoms with E-state index in [1.54, 1.807) is 0 Å². The van der Waals surface area contributed by atoms with Gasteiger partial charge in [-0.05, 0) is 49.7 Å². The number of benzene rings is 2. The first-order valence-electron chi connectivity index (χ1n) is 8.24. The number of anilines is 5. The van der Waals surface area contributed by atoms with Crippen molar-refractivity contribution in [2.45, 2.75) is 13.8 Å². The molecule has 0 fully saturated rings. The van der Waals surface area contributed by atoms with Crippen LogP contribution in [0.1, 0.15) is 11.4 Å². The quantitative estimate of drug-likeness (QED) is 0.712. The fourth-order valence-electron chi connectivity index (χ4n) is 2.54. The van der Waals surface area contributed by atoms with E-state index < -0.39 is 0 Å². The molecule has 2 N–H and O–H groups in total. The Morgan fingerprint density at radius 2 is 1.44 bits per heavy atom. The molecule has 0 saturated heterocycles. The van der Waals surface area contributed by atoms with Crippen LogP contribution in [0.2, 0.25) is 0 Å². The molecule has 25 heavy (non-hydrogen) atoms. The lowest BCUT2D eigenvalue weighted by molar-refractivity contribution is 1.06. The van der Waals surface area contributed by atoms with E-state index in [4.69, 9.17) is 0 Å². The highest BCUT2D eigenvalue weighted by atomic mass is 15.1. The van der Waals surface area contributed by atoms with E-state index in [0.29, 0.717) is 5.82 Å². The highest BCUT2D eigenvalue weighted by molar-refractivity contribution is 5.66.